The quantitative estimate of drug-likeness (QED) is 0.847. The van der Waals surface area contributed by atoms with Gasteiger partial charge < -0.3 is 5.32 Å². The van der Waals surface area contributed by atoms with Gasteiger partial charge in [0.25, 0.3) is 0 Å². The molecule has 1 aliphatic heterocycles. The van der Waals surface area contributed by atoms with E-state index >= 15 is 0 Å². The molecule has 0 saturated carbocycles. The number of amides is 1. The van der Waals surface area contributed by atoms with E-state index in [1.165, 1.54) is 0 Å². The van der Waals surface area contributed by atoms with Crippen molar-refractivity contribution in [1.82, 2.24) is 10.2 Å². The van der Waals surface area contributed by atoms with Gasteiger partial charge >= 0.3 is 6.18 Å². The van der Waals surface area contributed by atoms with Crippen LogP contribution in [0.5, 0.6) is 0 Å². The molecular weight excluding hydrogens is 289 g/mol. The van der Waals surface area contributed by atoms with E-state index < -0.39 is 24.7 Å². The third-order valence-electron chi connectivity index (χ3n) is 3.45. The highest BCUT2D eigenvalue weighted by Crippen LogP contribution is 2.23. The maximum absolute atomic E-state index is 12.1. The first kappa shape index (κ1) is 17.6. The van der Waals surface area contributed by atoms with Crippen LogP contribution in [-0.4, -0.2) is 53.7 Å². The Kier molecular flexibility index (Phi) is 7.15. The summed E-state index contributed by atoms with van der Waals surface area (Å²) in [5, 5.41) is 2.45. The number of carbonyl (C=O) groups is 1. The Labute approximate surface area is 122 Å². The van der Waals surface area contributed by atoms with Crippen molar-refractivity contribution in [3.63, 3.8) is 0 Å². The molecule has 2 atom stereocenters. The zero-order valence-electron chi connectivity index (χ0n) is 12.0. The van der Waals surface area contributed by atoms with Crippen LogP contribution >= 0.6 is 11.8 Å². The first-order valence-corrected chi connectivity index (χ1v) is 8.08. The van der Waals surface area contributed by atoms with E-state index in [4.69, 9.17) is 0 Å². The molecule has 0 aromatic heterocycles. The normalized spacial score (nSPS) is 23.1. The monoisotopic (exact) mass is 312 g/mol. The zero-order valence-corrected chi connectivity index (χ0v) is 12.8. The van der Waals surface area contributed by atoms with E-state index in [0.29, 0.717) is 5.25 Å². The largest absolute Gasteiger partial charge is 0.405 e. The zero-order chi connectivity index (χ0) is 15.2. The molecule has 1 amide bonds. The molecule has 7 heteroatoms. The molecule has 1 aliphatic rings. The lowest BCUT2D eigenvalue weighted by atomic mass is 10.2. The summed E-state index contributed by atoms with van der Waals surface area (Å²) in [4.78, 5) is 13.8. The first-order chi connectivity index (χ1) is 9.33. The molecule has 1 heterocycles. The van der Waals surface area contributed by atoms with Gasteiger partial charge in [0.05, 0.1) is 6.04 Å². The minimum absolute atomic E-state index is 0.473. The lowest BCUT2D eigenvalue weighted by Crippen LogP contribution is -2.48. The maximum atomic E-state index is 12.1. The molecule has 0 aliphatic carbocycles. The predicted octanol–water partition coefficient (Wildman–Crippen LogP) is 2.66. The molecule has 20 heavy (non-hydrogen) atoms. The summed E-state index contributed by atoms with van der Waals surface area (Å²) in [6.45, 7) is 4.09. The molecule has 1 N–H and O–H groups in total. The second-order valence-electron chi connectivity index (χ2n) is 5.08. The highest BCUT2D eigenvalue weighted by molar-refractivity contribution is 7.99. The number of hydrogen-bond acceptors (Lipinski definition) is 3. The van der Waals surface area contributed by atoms with Gasteiger partial charge in [-0.15, -0.1) is 0 Å². The van der Waals surface area contributed by atoms with Gasteiger partial charge in [-0.3, -0.25) is 9.69 Å². The van der Waals surface area contributed by atoms with Crippen molar-refractivity contribution >= 4 is 17.7 Å². The molecule has 1 saturated heterocycles. The Bertz CT molecular complexity index is 312. The van der Waals surface area contributed by atoms with Gasteiger partial charge in [0.2, 0.25) is 5.91 Å². The molecule has 3 nitrogen and oxygen atoms in total. The minimum atomic E-state index is -4.35. The van der Waals surface area contributed by atoms with E-state index in [1.807, 2.05) is 22.0 Å². The van der Waals surface area contributed by atoms with Crippen molar-refractivity contribution in [1.29, 1.82) is 0 Å². The number of rotatable bonds is 5. The summed E-state index contributed by atoms with van der Waals surface area (Å²) in [6.07, 6.45) is -1.12. The topological polar surface area (TPSA) is 32.3 Å². The lowest BCUT2D eigenvalue weighted by molar-refractivity contribution is -0.141. The van der Waals surface area contributed by atoms with Gasteiger partial charge in [-0.05, 0) is 32.1 Å². The molecule has 0 radical (unpaired) electrons. The first-order valence-electron chi connectivity index (χ1n) is 7.03. The van der Waals surface area contributed by atoms with Crippen LogP contribution in [0.25, 0.3) is 0 Å². The summed E-state index contributed by atoms with van der Waals surface area (Å²) in [7, 11) is 0. The van der Waals surface area contributed by atoms with Crippen molar-refractivity contribution < 1.29 is 18.0 Å². The van der Waals surface area contributed by atoms with Crippen LogP contribution in [0.1, 0.15) is 33.1 Å². The number of halogens is 3. The van der Waals surface area contributed by atoms with E-state index in [0.717, 1.165) is 38.1 Å². The van der Waals surface area contributed by atoms with Crippen LogP contribution in [0.2, 0.25) is 0 Å². The Hall–Kier alpha value is -0.430. The lowest BCUT2D eigenvalue weighted by Gasteiger charge is -2.29. The fourth-order valence-corrected chi connectivity index (χ4v) is 3.46. The van der Waals surface area contributed by atoms with E-state index in [-0.39, 0.29) is 0 Å². The van der Waals surface area contributed by atoms with Gasteiger partial charge in [0.15, 0.2) is 0 Å². The van der Waals surface area contributed by atoms with Crippen molar-refractivity contribution in [2.75, 3.05) is 25.4 Å². The van der Waals surface area contributed by atoms with Crippen molar-refractivity contribution in [2.24, 2.45) is 0 Å². The number of hydrogen-bond donors (Lipinski definition) is 1. The molecule has 1 fully saturated rings. The van der Waals surface area contributed by atoms with Crippen molar-refractivity contribution in [2.45, 2.75) is 50.6 Å². The van der Waals surface area contributed by atoms with Gasteiger partial charge in [-0.25, -0.2) is 0 Å². The van der Waals surface area contributed by atoms with E-state index in [9.17, 15) is 18.0 Å². The SMILES string of the molecule is CCS[C@@H]1CCCCN([C@@H](C)C(=O)NCC(F)(F)F)C1. The molecular formula is C13H23F3N2OS. The Morgan fingerprint density at radius 1 is 1.45 bits per heavy atom. The summed E-state index contributed by atoms with van der Waals surface area (Å²) in [5.41, 5.74) is 0. The van der Waals surface area contributed by atoms with Crippen molar-refractivity contribution in [3.8, 4) is 0 Å². The Morgan fingerprint density at radius 2 is 2.15 bits per heavy atom. The van der Waals surface area contributed by atoms with E-state index in [1.54, 1.807) is 6.92 Å². The second-order valence-corrected chi connectivity index (χ2v) is 6.65. The molecule has 0 aromatic rings. The molecule has 0 unspecified atom stereocenters. The van der Waals surface area contributed by atoms with E-state index in [2.05, 4.69) is 6.92 Å². The summed E-state index contributed by atoms with van der Waals surface area (Å²) < 4.78 is 36.4. The average molecular weight is 312 g/mol. The van der Waals surface area contributed by atoms with Gasteiger partial charge in [-0.1, -0.05) is 13.3 Å². The number of carbonyl (C=O) groups excluding carboxylic acids is 1. The summed E-state index contributed by atoms with van der Waals surface area (Å²) >= 11 is 1.86. The average Bonchev–Trinajstić information content (AvgIpc) is 2.60. The van der Waals surface area contributed by atoms with Crippen LogP contribution < -0.4 is 5.32 Å². The highest BCUT2D eigenvalue weighted by Gasteiger charge is 2.31. The van der Waals surface area contributed by atoms with Crippen LogP contribution in [0.3, 0.4) is 0 Å². The predicted molar refractivity (Wildman–Crippen MR) is 75.9 cm³/mol. The minimum Gasteiger partial charge on any atom is -0.346 e. The number of nitrogens with one attached hydrogen (secondary N) is 1. The molecule has 1 rings (SSSR count). The second kappa shape index (κ2) is 8.12. The summed E-state index contributed by atoms with van der Waals surface area (Å²) in [5.74, 6) is 0.483. The number of thioether (sulfide) groups is 1. The third-order valence-corrected chi connectivity index (χ3v) is 4.64. The number of nitrogens with zero attached hydrogens (tertiary/aromatic N) is 1. The fourth-order valence-electron chi connectivity index (χ4n) is 2.36. The highest BCUT2D eigenvalue weighted by atomic mass is 32.2. The van der Waals surface area contributed by atoms with Crippen LogP contribution in [-0.2, 0) is 4.79 Å². The van der Waals surface area contributed by atoms with Gasteiger partial charge in [-0.2, -0.15) is 24.9 Å². The molecule has 0 bridgehead atoms. The Morgan fingerprint density at radius 3 is 2.75 bits per heavy atom. The smallest absolute Gasteiger partial charge is 0.346 e. The van der Waals surface area contributed by atoms with Crippen LogP contribution in [0.4, 0.5) is 13.2 Å². The Balaban J connectivity index is 2.50. The standard InChI is InChI=1S/C13H23F3N2OS/c1-3-20-11-6-4-5-7-18(8-11)10(2)12(19)17-9-13(14,15)16/h10-11H,3-9H2,1-2H3,(H,17,19)/t10-,11+/m0/s1. The summed E-state index contributed by atoms with van der Waals surface area (Å²) in [6, 6.07) is -0.504. The van der Waals surface area contributed by atoms with Crippen molar-refractivity contribution in [3.05, 3.63) is 0 Å². The number of alkyl halides is 3. The third kappa shape index (κ3) is 6.35. The van der Waals surface area contributed by atoms with Gasteiger partial charge in [0, 0.05) is 11.8 Å². The van der Waals surface area contributed by atoms with Crippen LogP contribution in [0, 0.1) is 0 Å². The van der Waals surface area contributed by atoms with Gasteiger partial charge in [0.1, 0.15) is 6.54 Å². The maximum Gasteiger partial charge on any atom is 0.405 e. The number of likely N-dealkylation sites (tertiary alicyclic amines) is 1. The fraction of sp³-hybridized carbons (Fsp3) is 0.923. The molecule has 118 valence electrons. The molecule has 0 spiro atoms. The van der Waals surface area contributed by atoms with Crippen LogP contribution in [0.15, 0.2) is 0 Å². The molecule has 0 aromatic carbocycles.